The van der Waals surface area contributed by atoms with Crippen LogP contribution in [0.15, 0.2) is 64.6 Å². The fourth-order valence-corrected chi connectivity index (χ4v) is 1.60. The van der Waals surface area contributed by atoms with Gasteiger partial charge in [0.1, 0.15) is 5.75 Å². The summed E-state index contributed by atoms with van der Waals surface area (Å²) in [4.78, 5) is 4.21. The van der Waals surface area contributed by atoms with Crippen molar-refractivity contribution < 1.29 is 5.11 Å². The summed E-state index contributed by atoms with van der Waals surface area (Å²) in [5, 5.41) is 9.69. The first-order valence-electron chi connectivity index (χ1n) is 5.49. The van der Waals surface area contributed by atoms with E-state index in [1.807, 2.05) is 36.4 Å². The van der Waals surface area contributed by atoms with Crippen LogP contribution in [0.1, 0.15) is 5.56 Å². The molecule has 0 saturated carbocycles. The molecule has 0 aliphatic carbocycles. The molecule has 0 amide bonds. The lowest BCUT2D eigenvalue weighted by Crippen LogP contribution is -1.76. The maximum Gasteiger partial charge on any atom is 0.115 e. The summed E-state index contributed by atoms with van der Waals surface area (Å²) in [7, 11) is 0. The third-order valence-corrected chi connectivity index (χ3v) is 2.50. The van der Waals surface area contributed by atoms with Gasteiger partial charge in [0.05, 0.1) is 10.7 Å². The van der Waals surface area contributed by atoms with Crippen LogP contribution >= 0.6 is 11.6 Å². The van der Waals surface area contributed by atoms with Crippen LogP contribution in [-0.4, -0.2) is 11.3 Å². The van der Waals surface area contributed by atoms with Gasteiger partial charge in [0, 0.05) is 6.21 Å². The van der Waals surface area contributed by atoms with Gasteiger partial charge in [-0.2, -0.15) is 0 Å². The molecule has 1 N–H and O–H groups in total. The fourth-order valence-electron chi connectivity index (χ4n) is 1.42. The normalized spacial score (nSPS) is 11.9. The average molecular weight is 258 g/mol. The van der Waals surface area contributed by atoms with E-state index >= 15 is 0 Å². The zero-order chi connectivity index (χ0) is 12.8. The van der Waals surface area contributed by atoms with E-state index in [4.69, 9.17) is 16.7 Å². The zero-order valence-corrected chi connectivity index (χ0v) is 10.4. The molecular formula is C15H12ClNO. The first-order valence-corrected chi connectivity index (χ1v) is 5.87. The third kappa shape index (κ3) is 3.75. The number of allylic oxidation sites excluding steroid dienone is 1. The molecule has 0 heterocycles. The lowest BCUT2D eigenvalue weighted by Gasteiger charge is -1.95. The SMILES string of the molecule is Oc1ccc(N=C/C(Cl)=C/c2ccccc2)cc1. The number of rotatable bonds is 3. The van der Waals surface area contributed by atoms with Crippen molar-refractivity contribution in [2.75, 3.05) is 0 Å². The molecule has 0 aliphatic rings. The van der Waals surface area contributed by atoms with Crippen molar-refractivity contribution >= 4 is 29.6 Å². The number of hydrogen-bond donors (Lipinski definition) is 1. The second-order valence-corrected chi connectivity index (χ2v) is 4.15. The first kappa shape index (κ1) is 12.4. The van der Waals surface area contributed by atoms with Crippen molar-refractivity contribution in [3.63, 3.8) is 0 Å². The van der Waals surface area contributed by atoms with E-state index in [0.717, 1.165) is 11.3 Å². The number of benzene rings is 2. The number of halogens is 1. The van der Waals surface area contributed by atoms with Crippen molar-refractivity contribution in [1.29, 1.82) is 0 Å². The molecule has 18 heavy (non-hydrogen) atoms. The topological polar surface area (TPSA) is 32.6 Å². The molecule has 0 atom stereocenters. The Kier molecular flexibility index (Phi) is 4.15. The summed E-state index contributed by atoms with van der Waals surface area (Å²) in [5.41, 5.74) is 1.77. The minimum absolute atomic E-state index is 0.222. The van der Waals surface area contributed by atoms with E-state index < -0.39 is 0 Å². The summed E-state index contributed by atoms with van der Waals surface area (Å²) in [6, 6.07) is 16.4. The highest BCUT2D eigenvalue weighted by Crippen LogP contribution is 2.17. The van der Waals surface area contributed by atoms with Gasteiger partial charge in [-0.1, -0.05) is 41.9 Å². The van der Waals surface area contributed by atoms with Crippen molar-refractivity contribution in [3.05, 3.63) is 65.2 Å². The summed E-state index contributed by atoms with van der Waals surface area (Å²) >= 11 is 6.06. The predicted octanol–water partition coefficient (Wildman–Crippen LogP) is 4.37. The molecule has 0 aromatic heterocycles. The van der Waals surface area contributed by atoms with E-state index in [2.05, 4.69) is 4.99 Å². The maximum absolute atomic E-state index is 9.14. The summed E-state index contributed by atoms with van der Waals surface area (Å²) in [6.07, 6.45) is 3.42. The molecular weight excluding hydrogens is 246 g/mol. The van der Waals surface area contributed by atoms with E-state index in [9.17, 15) is 0 Å². The van der Waals surface area contributed by atoms with Crippen LogP contribution < -0.4 is 0 Å². The molecule has 2 nitrogen and oxygen atoms in total. The Labute approximate surface area is 111 Å². The number of hydrogen-bond acceptors (Lipinski definition) is 2. The van der Waals surface area contributed by atoms with Gasteiger partial charge in [-0.3, -0.25) is 4.99 Å². The highest BCUT2D eigenvalue weighted by atomic mass is 35.5. The van der Waals surface area contributed by atoms with Gasteiger partial charge in [0.25, 0.3) is 0 Å². The molecule has 3 heteroatoms. The van der Waals surface area contributed by atoms with Gasteiger partial charge < -0.3 is 5.11 Å². The van der Waals surface area contributed by atoms with Gasteiger partial charge in [0.2, 0.25) is 0 Å². The van der Waals surface area contributed by atoms with E-state index in [0.29, 0.717) is 5.03 Å². The van der Waals surface area contributed by atoms with Crippen molar-refractivity contribution in [2.24, 2.45) is 4.99 Å². The summed E-state index contributed by atoms with van der Waals surface area (Å²) < 4.78 is 0. The van der Waals surface area contributed by atoms with Gasteiger partial charge in [-0.25, -0.2) is 0 Å². The summed E-state index contributed by atoms with van der Waals surface area (Å²) in [5.74, 6) is 0.222. The van der Waals surface area contributed by atoms with Gasteiger partial charge in [-0.05, 0) is 35.9 Å². The predicted molar refractivity (Wildman–Crippen MR) is 76.5 cm³/mol. The van der Waals surface area contributed by atoms with E-state index in [-0.39, 0.29) is 5.75 Å². The van der Waals surface area contributed by atoms with Gasteiger partial charge in [0.15, 0.2) is 0 Å². The van der Waals surface area contributed by atoms with Gasteiger partial charge in [-0.15, -0.1) is 0 Å². The molecule has 0 aliphatic heterocycles. The molecule has 90 valence electrons. The second kappa shape index (κ2) is 6.03. The minimum atomic E-state index is 0.222. The molecule has 0 radical (unpaired) electrons. The molecule has 0 bridgehead atoms. The Bertz CT molecular complexity index is 559. The lowest BCUT2D eigenvalue weighted by molar-refractivity contribution is 0.475. The highest BCUT2D eigenvalue weighted by molar-refractivity contribution is 6.41. The lowest BCUT2D eigenvalue weighted by atomic mass is 10.2. The van der Waals surface area contributed by atoms with Gasteiger partial charge >= 0.3 is 0 Å². The Balaban J connectivity index is 2.09. The quantitative estimate of drug-likeness (QED) is 0.814. The van der Waals surface area contributed by atoms with Crippen LogP contribution in [0, 0.1) is 0 Å². The first-order chi connectivity index (χ1) is 8.74. The standard InChI is InChI=1S/C15H12ClNO/c16-13(10-12-4-2-1-3-5-12)11-17-14-6-8-15(18)9-7-14/h1-11,18H/b13-10-,17-11?. The van der Waals surface area contributed by atoms with Crippen LogP contribution in [0.2, 0.25) is 0 Å². The van der Waals surface area contributed by atoms with Crippen molar-refractivity contribution in [2.45, 2.75) is 0 Å². The third-order valence-electron chi connectivity index (χ3n) is 2.29. The largest absolute Gasteiger partial charge is 0.508 e. The molecule has 2 rings (SSSR count). The second-order valence-electron chi connectivity index (χ2n) is 3.71. The van der Waals surface area contributed by atoms with E-state index in [1.165, 1.54) is 0 Å². The molecule has 0 unspecified atom stereocenters. The smallest absolute Gasteiger partial charge is 0.115 e. The Morgan fingerprint density at radius 2 is 1.67 bits per heavy atom. The highest BCUT2D eigenvalue weighted by Gasteiger charge is 1.91. The van der Waals surface area contributed by atoms with Crippen LogP contribution in [0.3, 0.4) is 0 Å². The van der Waals surface area contributed by atoms with Crippen LogP contribution in [0.25, 0.3) is 6.08 Å². The Morgan fingerprint density at radius 1 is 1.00 bits per heavy atom. The number of nitrogens with zero attached hydrogens (tertiary/aromatic N) is 1. The molecule has 0 saturated heterocycles. The monoisotopic (exact) mass is 257 g/mol. The number of aliphatic imine (C=N–C) groups is 1. The molecule has 2 aromatic rings. The molecule has 0 spiro atoms. The van der Waals surface area contributed by atoms with Crippen molar-refractivity contribution in [3.8, 4) is 5.75 Å². The zero-order valence-electron chi connectivity index (χ0n) is 9.62. The van der Waals surface area contributed by atoms with Crippen molar-refractivity contribution in [1.82, 2.24) is 0 Å². The summed E-state index contributed by atoms with van der Waals surface area (Å²) in [6.45, 7) is 0. The van der Waals surface area contributed by atoms with Crippen LogP contribution in [0.5, 0.6) is 5.75 Å². The molecule has 0 fully saturated rings. The number of phenolic OH excluding ortho intramolecular Hbond substituents is 1. The number of phenols is 1. The van der Waals surface area contributed by atoms with E-state index in [1.54, 1.807) is 30.5 Å². The van der Waals surface area contributed by atoms with Crippen LogP contribution in [-0.2, 0) is 0 Å². The Hall–Kier alpha value is -2.06. The maximum atomic E-state index is 9.14. The number of aromatic hydroxyl groups is 1. The minimum Gasteiger partial charge on any atom is -0.508 e. The average Bonchev–Trinajstić information content (AvgIpc) is 2.39. The van der Waals surface area contributed by atoms with Crippen LogP contribution in [0.4, 0.5) is 5.69 Å². The fraction of sp³-hybridized carbons (Fsp3) is 0. The molecule has 2 aromatic carbocycles. The Morgan fingerprint density at radius 3 is 2.33 bits per heavy atom.